The van der Waals surface area contributed by atoms with Gasteiger partial charge in [-0.2, -0.15) is 0 Å². The van der Waals surface area contributed by atoms with Gasteiger partial charge in [-0.1, -0.05) is 0 Å². The Morgan fingerprint density at radius 3 is 2.19 bits per heavy atom. The summed E-state index contributed by atoms with van der Waals surface area (Å²) in [6, 6.07) is 0. The summed E-state index contributed by atoms with van der Waals surface area (Å²) in [6.45, 7) is 1.46. The van der Waals surface area contributed by atoms with Crippen molar-refractivity contribution in [1.82, 2.24) is 0 Å². The van der Waals surface area contributed by atoms with Crippen molar-refractivity contribution in [2.45, 2.75) is 39.0 Å². The third-order valence-corrected chi connectivity index (χ3v) is 3.40. The van der Waals surface area contributed by atoms with Crippen molar-refractivity contribution in [3.05, 3.63) is 46.0 Å². The normalized spacial score (nSPS) is 21.0. The van der Waals surface area contributed by atoms with Crippen molar-refractivity contribution in [2.75, 3.05) is 0 Å². The Kier molecular flexibility index (Phi) is 4.20. The molecule has 0 spiro atoms. The number of alkyl halides is 3. The molecule has 0 aromatic carbocycles. The maximum atomic E-state index is 13.8. The summed E-state index contributed by atoms with van der Waals surface area (Å²) in [7, 11) is 0. The number of hydrogen-bond acceptors (Lipinski definition) is 1. The van der Waals surface area contributed by atoms with Crippen LogP contribution in [-0.4, -0.2) is 6.36 Å². The summed E-state index contributed by atoms with van der Waals surface area (Å²) in [5.74, 6) is -4.08. The molecule has 0 N–H and O–H groups in total. The molecule has 0 saturated heterocycles. The zero-order chi connectivity index (χ0) is 15.8. The van der Waals surface area contributed by atoms with Crippen LogP contribution < -0.4 is 0 Å². The molecule has 0 aromatic heterocycles. The fraction of sp³-hybridized carbons (Fsp3) is 0.429. The third-order valence-electron chi connectivity index (χ3n) is 3.40. The summed E-state index contributed by atoms with van der Waals surface area (Å²) in [5, 5.41) is 0. The Bertz CT molecular complexity index is 577. The molecular weight excluding hydrogens is 298 g/mol. The van der Waals surface area contributed by atoms with Crippen molar-refractivity contribution in [1.29, 1.82) is 0 Å². The molecule has 2 aliphatic carbocycles. The Hall–Kier alpha value is -1.66. The summed E-state index contributed by atoms with van der Waals surface area (Å²) in [4.78, 5) is 0. The van der Waals surface area contributed by atoms with Gasteiger partial charge in [0.05, 0.1) is 0 Å². The number of ether oxygens (including phenoxy) is 1. The van der Waals surface area contributed by atoms with Crippen LogP contribution in [0.1, 0.15) is 32.6 Å². The average molecular weight is 310 g/mol. The summed E-state index contributed by atoms with van der Waals surface area (Å²) in [6.07, 6.45) is -4.08. The van der Waals surface area contributed by atoms with E-state index in [4.69, 9.17) is 0 Å². The number of allylic oxidation sites excluding steroid dienone is 8. The number of rotatable bonds is 2. The average Bonchev–Trinajstić information content (AvgIpc) is 2.37. The van der Waals surface area contributed by atoms with Crippen LogP contribution >= 0.6 is 0 Å². The minimum Gasteiger partial charge on any atom is -0.407 e. The smallest absolute Gasteiger partial charge is 0.407 e. The molecule has 7 heteroatoms. The van der Waals surface area contributed by atoms with E-state index >= 15 is 0 Å². The van der Waals surface area contributed by atoms with E-state index in [1.807, 2.05) is 0 Å². The van der Waals surface area contributed by atoms with Crippen molar-refractivity contribution in [3.8, 4) is 0 Å². The van der Waals surface area contributed by atoms with Gasteiger partial charge in [-0.15, -0.1) is 13.2 Å². The lowest BCUT2D eigenvalue weighted by Gasteiger charge is -2.22. The van der Waals surface area contributed by atoms with Crippen molar-refractivity contribution < 1.29 is 31.1 Å². The van der Waals surface area contributed by atoms with Gasteiger partial charge >= 0.3 is 6.36 Å². The topological polar surface area (TPSA) is 9.23 Å². The van der Waals surface area contributed by atoms with Gasteiger partial charge in [-0.3, -0.25) is 0 Å². The molecule has 0 unspecified atom stereocenters. The predicted molar refractivity (Wildman–Crippen MR) is 63.8 cm³/mol. The van der Waals surface area contributed by atoms with Gasteiger partial charge in [0.2, 0.25) is 0 Å². The number of halogens is 6. The van der Waals surface area contributed by atoms with Gasteiger partial charge in [-0.25, -0.2) is 13.2 Å². The van der Waals surface area contributed by atoms with Crippen LogP contribution in [0.3, 0.4) is 0 Å². The molecule has 2 rings (SSSR count). The maximum absolute atomic E-state index is 13.8. The van der Waals surface area contributed by atoms with Gasteiger partial charge < -0.3 is 4.74 Å². The molecule has 0 heterocycles. The fourth-order valence-electron chi connectivity index (χ4n) is 2.30. The van der Waals surface area contributed by atoms with Gasteiger partial charge in [0.25, 0.3) is 0 Å². The first-order valence-corrected chi connectivity index (χ1v) is 6.28. The van der Waals surface area contributed by atoms with E-state index in [1.165, 1.54) is 6.92 Å². The summed E-state index contributed by atoms with van der Waals surface area (Å²) in [5.41, 5.74) is 0.450. The first kappa shape index (κ1) is 15.7. The zero-order valence-corrected chi connectivity index (χ0v) is 11.1. The first-order valence-electron chi connectivity index (χ1n) is 6.28. The van der Waals surface area contributed by atoms with Gasteiger partial charge in [0.15, 0.2) is 17.5 Å². The van der Waals surface area contributed by atoms with Gasteiger partial charge in [0.1, 0.15) is 5.76 Å². The Balaban J connectivity index is 2.30. The first-order chi connectivity index (χ1) is 9.69. The highest BCUT2D eigenvalue weighted by Crippen LogP contribution is 2.40. The predicted octanol–water partition coefficient (Wildman–Crippen LogP) is 5.69. The SMILES string of the molecule is CC1=C(F)C(F)=C(C2=CC(F)=C(OC(F)(F)F)CC2)CC1. The second kappa shape index (κ2) is 5.61. The van der Waals surface area contributed by atoms with Crippen molar-refractivity contribution in [2.24, 2.45) is 0 Å². The lowest BCUT2D eigenvalue weighted by molar-refractivity contribution is -0.307. The second-order valence-corrected chi connectivity index (χ2v) is 4.88. The van der Waals surface area contributed by atoms with Crippen LogP contribution in [0.5, 0.6) is 0 Å². The van der Waals surface area contributed by atoms with E-state index in [-0.39, 0.29) is 36.0 Å². The zero-order valence-electron chi connectivity index (χ0n) is 11.1. The Morgan fingerprint density at radius 2 is 1.62 bits per heavy atom. The van der Waals surface area contributed by atoms with Crippen molar-refractivity contribution >= 4 is 0 Å². The van der Waals surface area contributed by atoms with Crippen molar-refractivity contribution in [3.63, 3.8) is 0 Å². The monoisotopic (exact) mass is 310 g/mol. The molecule has 21 heavy (non-hydrogen) atoms. The highest BCUT2D eigenvalue weighted by Gasteiger charge is 2.34. The molecule has 0 radical (unpaired) electrons. The Labute approximate surface area is 117 Å². The van der Waals surface area contributed by atoms with Crippen LogP contribution in [0.15, 0.2) is 46.0 Å². The van der Waals surface area contributed by atoms with E-state index in [2.05, 4.69) is 4.74 Å². The molecule has 0 saturated carbocycles. The minimum absolute atomic E-state index is 0.0132. The maximum Gasteiger partial charge on any atom is 0.572 e. The van der Waals surface area contributed by atoms with Crippen LogP contribution in [0.2, 0.25) is 0 Å². The molecule has 2 aliphatic rings. The quantitative estimate of drug-likeness (QED) is 0.596. The molecule has 0 amide bonds. The van der Waals surface area contributed by atoms with Crippen LogP contribution in [0, 0.1) is 0 Å². The minimum atomic E-state index is -4.97. The largest absolute Gasteiger partial charge is 0.572 e. The van der Waals surface area contributed by atoms with E-state index in [1.54, 1.807) is 0 Å². The summed E-state index contributed by atoms with van der Waals surface area (Å²) >= 11 is 0. The fourth-order valence-corrected chi connectivity index (χ4v) is 2.30. The van der Waals surface area contributed by atoms with E-state index < -0.39 is 29.6 Å². The molecule has 0 fully saturated rings. The molecule has 0 atom stereocenters. The lowest BCUT2D eigenvalue weighted by atomic mass is 9.88. The van der Waals surface area contributed by atoms with Gasteiger partial charge in [-0.05, 0) is 49.0 Å². The van der Waals surface area contributed by atoms with Crippen LogP contribution in [0.4, 0.5) is 26.3 Å². The second-order valence-electron chi connectivity index (χ2n) is 4.88. The van der Waals surface area contributed by atoms with E-state index in [0.29, 0.717) is 6.42 Å². The standard InChI is InChI=1S/C14H12F6O/c1-7-2-4-9(13(17)12(7)16)8-3-5-11(10(15)6-8)21-14(18,19)20/h6H,2-5H2,1H3. The molecule has 0 aliphatic heterocycles. The molecule has 1 nitrogen and oxygen atoms in total. The lowest BCUT2D eigenvalue weighted by Crippen LogP contribution is -2.15. The van der Waals surface area contributed by atoms with Gasteiger partial charge in [0, 0.05) is 6.42 Å². The van der Waals surface area contributed by atoms with Crippen LogP contribution in [0.25, 0.3) is 0 Å². The van der Waals surface area contributed by atoms with Crippen LogP contribution in [-0.2, 0) is 4.74 Å². The number of hydrogen-bond donors (Lipinski definition) is 0. The molecule has 0 aromatic rings. The third kappa shape index (κ3) is 3.51. The summed E-state index contributed by atoms with van der Waals surface area (Å²) < 4.78 is 80.7. The Morgan fingerprint density at radius 1 is 0.952 bits per heavy atom. The van der Waals surface area contributed by atoms with E-state index in [9.17, 15) is 26.3 Å². The van der Waals surface area contributed by atoms with E-state index in [0.717, 1.165) is 6.08 Å². The molecule has 116 valence electrons. The molecule has 0 bridgehead atoms. The highest BCUT2D eigenvalue weighted by molar-refractivity contribution is 5.47. The molecular formula is C14H12F6O. The highest BCUT2D eigenvalue weighted by atomic mass is 19.4.